The van der Waals surface area contributed by atoms with Crippen LogP contribution in [0.1, 0.15) is 39.8 Å². The molecular weight excluding hydrogens is 385 g/mol. The molecule has 1 amide bonds. The highest BCUT2D eigenvalue weighted by Gasteiger charge is 2.14. The summed E-state index contributed by atoms with van der Waals surface area (Å²) < 4.78 is 21.1. The summed E-state index contributed by atoms with van der Waals surface area (Å²) in [7, 11) is 0. The molecule has 0 aliphatic rings. The predicted octanol–water partition coefficient (Wildman–Crippen LogP) is 3.59. The average Bonchev–Trinajstić information content (AvgIpc) is 2.98. The lowest BCUT2D eigenvalue weighted by molar-refractivity contribution is -0.123. The molecule has 6 nitrogen and oxygen atoms in total. The van der Waals surface area contributed by atoms with E-state index in [9.17, 15) is 14.0 Å². The Labute approximate surface area is 174 Å². The molecule has 156 valence electrons. The summed E-state index contributed by atoms with van der Waals surface area (Å²) in [6, 6.07) is 13.9. The monoisotopic (exact) mass is 409 g/mol. The van der Waals surface area contributed by atoms with E-state index in [2.05, 4.69) is 10.4 Å². The minimum atomic E-state index is -0.669. The van der Waals surface area contributed by atoms with Crippen LogP contribution >= 0.6 is 0 Å². The van der Waals surface area contributed by atoms with Crippen molar-refractivity contribution in [2.75, 3.05) is 6.61 Å². The highest BCUT2D eigenvalue weighted by Crippen LogP contribution is 2.17. The molecule has 0 spiro atoms. The smallest absolute Gasteiger partial charge is 0.258 e. The van der Waals surface area contributed by atoms with Crippen LogP contribution in [0.2, 0.25) is 0 Å². The number of carbonyl (C=O) groups excluding carboxylic acids is 2. The lowest BCUT2D eigenvalue weighted by atomic mass is 10.1. The zero-order chi connectivity index (χ0) is 21.7. The van der Waals surface area contributed by atoms with Crippen molar-refractivity contribution in [3.8, 4) is 5.75 Å². The second-order valence-corrected chi connectivity index (χ2v) is 7.06. The number of nitrogens with zero attached hydrogens (tertiary/aromatic N) is 2. The SMILES string of the molecule is CC(=O)c1ccc(OCC(=O)NCc2c(C)nn(Cc3ccccc3)c2C)cc1F. The number of carbonyl (C=O) groups is 2. The van der Waals surface area contributed by atoms with Crippen LogP contribution in [0.4, 0.5) is 4.39 Å². The minimum absolute atomic E-state index is 0.00901. The number of hydrogen-bond acceptors (Lipinski definition) is 4. The highest BCUT2D eigenvalue weighted by atomic mass is 19.1. The molecule has 0 unspecified atom stereocenters. The van der Waals surface area contributed by atoms with Gasteiger partial charge in [0, 0.05) is 23.9 Å². The number of halogens is 1. The Morgan fingerprint density at radius 2 is 1.87 bits per heavy atom. The summed E-state index contributed by atoms with van der Waals surface area (Å²) >= 11 is 0. The number of hydrogen-bond donors (Lipinski definition) is 1. The van der Waals surface area contributed by atoms with Crippen LogP contribution in [0.3, 0.4) is 0 Å². The Balaban J connectivity index is 1.56. The summed E-state index contributed by atoms with van der Waals surface area (Å²) in [6.45, 7) is 5.90. The standard InChI is InChI=1S/C23H24FN3O3/c1-15-21(16(2)27(26-15)13-18-7-5-4-6-8-18)12-25-23(29)14-30-19-9-10-20(17(3)28)22(24)11-19/h4-11H,12-14H2,1-3H3,(H,25,29). The third-order valence-corrected chi connectivity index (χ3v) is 4.86. The molecule has 0 radical (unpaired) electrons. The van der Waals surface area contributed by atoms with Crippen molar-refractivity contribution in [3.63, 3.8) is 0 Å². The van der Waals surface area contributed by atoms with E-state index in [0.29, 0.717) is 13.1 Å². The first-order valence-electron chi connectivity index (χ1n) is 9.62. The lowest BCUT2D eigenvalue weighted by Gasteiger charge is -2.09. The number of Topliss-reactive ketones (excluding diaryl/α,β-unsaturated/α-hetero) is 1. The van der Waals surface area contributed by atoms with Crippen molar-refractivity contribution in [1.29, 1.82) is 0 Å². The maximum Gasteiger partial charge on any atom is 0.258 e. The second-order valence-electron chi connectivity index (χ2n) is 7.06. The van der Waals surface area contributed by atoms with Gasteiger partial charge in [-0.15, -0.1) is 0 Å². The average molecular weight is 409 g/mol. The van der Waals surface area contributed by atoms with Gasteiger partial charge in [0.15, 0.2) is 12.4 Å². The van der Waals surface area contributed by atoms with Gasteiger partial charge in [-0.3, -0.25) is 14.3 Å². The fraction of sp³-hybridized carbons (Fsp3) is 0.261. The lowest BCUT2D eigenvalue weighted by Crippen LogP contribution is -2.28. The third kappa shape index (κ3) is 5.11. The highest BCUT2D eigenvalue weighted by molar-refractivity contribution is 5.94. The molecule has 2 aromatic carbocycles. The van der Waals surface area contributed by atoms with Crippen LogP contribution in [-0.4, -0.2) is 28.1 Å². The Kier molecular flexibility index (Phi) is 6.61. The number of ketones is 1. The predicted molar refractivity (Wildman–Crippen MR) is 111 cm³/mol. The summed E-state index contributed by atoms with van der Waals surface area (Å²) in [5, 5.41) is 7.38. The molecule has 1 N–H and O–H groups in total. The largest absolute Gasteiger partial charge is 0.484 e. The molecular formula is C23H24FN3O3. The van der Waals surface area contributed by atoms with Crippen LogP contribution in [0.15, 0.2) is 48.5 Å². The molecule has 0 fully saturated rings. The number of rotatable bonds is 8. The maximum atomic E-state index is 13.8. The number of ether oxygens (including phenoxy) is 1. The Morgan fingerprint density at radius 1 is 1.13 bits per heavy atom. The van der Waals surface area contributed by atoms with Gasteiger partial charge in [-0.25, -0.2) is 4.39 Å². The van der Waals surface area contributed by atoms with E-state index in [1.165, 1.54) is 19.1 Å². The van der Waals surface area contributed by atoms with Gasteiger partial charge < -0.3 is 10.1 Å². The van der Waals surface area contributed by atoms with Crippen LogP contribution in [0, 0.1) is 19.7 Å². The van der Waals surface area contributed by atoms with Gasteiger partial charge in [0.2, 0.25) is 0 Å². The molecule has 0 bridgehead atoms. The molecule has 1 aromatic heterocycles. The maximum absolute atomic E-state index is 13.8. The zero-order valence-electron chi connectivity index (χ0n) is 17.2. The fourth-order valence-electron chi connectivity index (χ4n) is 3.16. The van der Waals surface area contributed by atoms with Crippen molar-refractivity contribution < 1.29 is 18.7 Å². The summed E-state index contributed by atoms with van der Waals surface area (Å²) in [6.07, 6.45) is 0. The summed E-state index contributed by atoms with van der Waals surface area (Å²) in [5.41, 5.74) is 3.93. The van der Waals surface area contributed by atoms with Gasteiger partial charge in [0.25, 0.3) is 5.91 Å². The van der Waals surface area contributed by atoms with E-state index >= 15 is 0 Å². The Morgan fingerprint density at radius 3 is 2.53 bits per heavy atom. The van der Waals surface area contributed by atoms with Gasteiger partial charge in [-0.05, 0) is 38.5 Å². The normalized spacial score (nSPS) is 10.7. The number of amides is 1. The first kappa shape index (κ1) is 21.2. The van der Waals surface area contributed by atoms with Gasteiger partial charge in [0.1, 0.15) is 11.6 Å². The molecule has 0 atom stereocenters. The van der Waals surface area contributed by atoms with Gasteiger partial charge in [-0.1, -0.05) is 30.3 Å². The van der Waals surface area contributed by atoms with Crippen molar-refractivity contribution in [3.05, 3.63) is 82.4 Å². The van der Waals surface area contributed by atoms with Crippen molar-refractivity contribution >= 4 is 11.7 Å². The van der Waals surface area contributed by atoms with Crippen LogP contribution in [-0.2, 0) is 17.9 Å². The van der Waals surface area contributed by atoms with E-state index in [1.807, 2.05) is 48.9 Å². The number of nitrogens with one attached hydrogen (secondary N) is 1. The number of aryl methyl sites for hydroxylation is 1. The van der Waals surface area contributed by atoms with E-state index < -0.39 is 5.82 Å². The number of aromatic nitrogens is 2. The van der Waals surface area contributed by atoms with Gasteiger partial charge >= 0.3 is 0 Å². The quantitative estimate of drug-likeness (QED) is 0.577. The zero-order valence-corrected chi connectivity index (χ0v) is 17.2. The van der Waals surface area contributed by atoms with E-state index in [1.54, 1.807) is 0 Å². The van der Waals surface area contributed by atoms with E-state index in [0.717, 1.165) is 28.6 Å². The van der Waals surface area contributed by atoms with Crippen molar-refractivity contribution in [2.45, 2.75) is 33.9 Å². The Hall–Kier alpha value is -3.48. The summed E-state index contributed by atoms with van der Waals surface area (Å²) in [4.78, 5) is 23.4. The molecule has 0 saturated heterocycles. The first-order valence-corrected chi connectivity index (χ1v) is 9.62. The van der Waals surface area contributed by atoms with Crippen LogP contribution < -0.4 is 10.1 Å². The number of benzene rings is 2. The molecule has 0 saturated carbocycles. The molecule has 30 heavy (non-hydrogen) atoms. The van der Waals surface area contributed by atoms with Crippen molar-refractivity contribution in [2.24, 2.45) is 0 Å². The minimum Gasteiger partial charge on any atom is -0.484 e. The van der Waals surface area contributed by atoms with Crippen LogP contribution in [0.25, 0.3) is 0 Å². The molecule has 3 rings (SSSR count). The first-order chi connectivity index (χ1) is 14.3. The van der Waals surface area contributed by atoms with Crippen LogP contribution in [0.5, 0.6) is 5.75 Å². The third-order valence-electron chi connectivity index (χ3n) is 4.86. The van der Waals surface area contributed by atoms with E-state index in [4.69, 9.17) is 4.74 Å². The van der Waals surface area contributed by atoms with Crippen molar-refractivity contribution in [1.82, 2.24) is 15.1 Å². The Bertz CT molecular complexity index is 1060. The topological polar surface area (TPSA) is 73.2 Å². The fourth-order valence-corrected chi connectivity index (χ4v) is 3.16. The molecule has 7 heteroatoms. The molecule has 3 aromatic rings. The molecule has 0 aliphatic heterocycles. The van der Waals surface area contributed by atoms with E-state index in [-0.39, 0.29) is 29.6 Å². The summed E-state index contributed by atoms with van der Waals surface area (Å²) in [5.74, 6) is -1.18. The van der Waals surface area contributed by atoms with Gasteiger partial charge in [-0.2, -0.15) is 5.10 Å². The molecule has 1 heterocycles. The second kappa shape index (κ2) is 9.35. The van der Waals surface area contributed by atoms with Gasteiger partial charge in [0.05, 0.1) is 17.8 Å². The molecule has 0 aliphatic carbocycles.